The number of thioether (sulfide) groups is 1. The first kappa shape index (κ1) is 19.7. The molecule has 2 heterocycles. The molecule has 150 valence electrons. The monoisotopic (exact) mass is 409 g/mol. The number of hydrogen-bond acceptors (Lipinski definition) is 4. The minimum Gasteiger partial charge on any atom is -0.340 e. The summed E-state index contributed by atoms with van der Waals surface area (Å²) in [6, 6.07) is 17.0. The molecule has 0 bridgehead atoms. The van der Waals surface area contributed by atoms with Crippen LogP contribution in [0.15, 0.2) is 59.6 Å². The molecule has 2 aromatic carbocycles. The summed E-state index contributed by atoms with van der Waals surface area (Å²) >= 11 is 1.61. The Morgan fingerprint density at radius 1 is 0.966 bits per heavy atom. The van der Waals surface area contributed by atoms with E-state index in [2.05, 4.69) is 11.9 Å². The minimum atomic E-state index is -0.198. The number of amides is 2. The summed E-state index contributed by atoms with van der Waals surface area (Å²) in [4.78, 5) is 35.2. The van der Waals surface area contributed by atoms with Crippen LogP contribution in [0.1, 0.15) is 20.7 Å². The Balaban J connectivity index is 1.44. The van der Waals surface area contributed by atoms with Crippen LogP contribution in [0, 0.1) is 0 Å². The summed E-state index contributed by atoms with van der Waals surface area (Å²) in [6.45, 7) is 4.44. The average molecular weight is 410 g/mol. The average Bonchev–Trinajstić information content (AvgIpc) is 2.99. The molecule has 2 aromatic rings. The van der Waals surface area contributed by atoms with Gasteiger partial charge in [0.1, 0.15) is 0 Å². The van der Waals surface area contributed by atoms with E-state index in [1.54, 1.807) is 36.0 Å². The van der Waals surface area contributed by atoms with E-state index in [0.29, 0.717) is 23.4 Å². The van der Waals surface area contributed by atoms with Gasteiger partial charge in [0.25, 0.3) is 11.8 Å². The Bertz CT molecular complexity index is 888. The highest BCUT2D eigenvalue weighted by Crippen LogP contribution is 2.23. The first-order valence-corrected chi connectivity index (χ1v) is 10.9. The molecule has 6 nitrogen and oxygen atoms in total. The number of fused-ring (bicyclic) bond motifs is 1. The maximum atomic E-state index is 12.6. The highest BCUT2D eigenvalue weighted by atomic mass is 32.2. The van der Waals surface area contributed by atoms with Gasteiger partial charge in [-0.05, 0) is 24.3 Å². The van der Waals surface area contributed by atoms with Gasteiger partial charge in [-0.15, -0.1) is 0 Å². The summed E-state index contributed by atoms with van der Waals surface area (Å²) in [5, 5.41) is 0.959. The standard InChI is InChI=1S/C22H24N4O2S/c1-24-11-13-25(14-12-24)22(23-17-7-3-2-4-8-17)29-16-15-26-20(27)18-9-5-6-10-19(18)21(26)28/h2-10H,11-16H2,1H3/p+1. The first-order valence-electron chi connectivity index (χ1n) is 9.91. The molecule has 0 radical (unpaired) electrons. The molecule has 7 heteroatoms. The van der Waals surface area contributed by atoms with Crippen molar-refractivity contribution in [1.29, 1.82) is 0 Å². The predicted octanol–water partition coefficient (Wildman–Crippen LogP) is 1.53. The van der Waals surface area contributed by atoms with Crippen molar-refractivity contribution in [2.24, 2.45) is 4.99 Å². The summed E-state index contributed by atoms with van der Waals surface area (Å²) in [6.07, 6.45) is 0. The highest BCUT2D eigenvalue weighted by molar-refractivity contribution is 8.13. The highest BCUT2D eigenvalue weighted by Gasteiger charge is 2.34. The van der Waals surface area contributed by atoms with Crippen molar-refractivity contribution in [3.05, 3.63) is 65.7 Å². The molecule has 1 N–H and O–H groups in total. The number of nitrogens with zero attached hydrogens (tertiary/aromatic N) is 3. The van der Waals surface area contributed by atoms with Crippen LogP contribution < -0.4 is 4.90 Å². The van der Waals surface area contributed by atoms with Crippen molar-refractivity contribution in [1.82, 2.24) is 9.80 Å². The van der Waals surface area contributed by atoms with Gasteiger partial charge in [-0.1, -0.05) is 42.1 Å². The molecule has 0 aromatic heterocycles. The molecule has 0 atom stereocenters. The second-order valence-electron chi connectivity index (χ2n) is 7.33. The molecular formula is C22H25N4O2S+. The Morgan fingerprint density at radius 3 is 2.17 bits per heavy atom. The van der Waals surface area contributed by atoms with Crippen LogP contribution in [-0.4, -0.2) is 72.3 Å². The van der Waals surface area contributed by atoms with Gasteiger partial charge in [0.2, 0.25) is 0 Å². The van der Waals surface area contributed by atoms with Crippen molar-refractivity contribution in [2.45, 2.75) is 0 Å². The number of benzene rings is 2. The maximum Gasteiger partial charge on any atom is 0.261 e. The second kappa shape index (κ2) is 8.80. The molecule has 4 rings (SSSR count). The third-order valence-corrected chi connectivity index (χ3v) is 6.29. The van der Waals surface area contributed by atoms with Crippen molar-refractivity contribution in [2.75, 3.05) is 45.5 Å². The molecule has 2 amide bonds. The number of amidine groups is 1. The molecule has 2 aliphatic rings. The van der Waals surface area contributed by atoms with Gasteiger partial charge >= 0.3 is 0 Å². The van der Waals surface area contributed by atoms with Gasteiger partial charge in [-0.2, -0.15) is 0 Å². The fourth-order valence-electron chi connectivity index (χ4n) is 3.56. The number of carbonyl (C=O) groups is 2. The predicted molar refractivity (Wildman–Crippen MR) is 116 cm³/mol. The lowest BCUT2D eigenvalue weighted by Crippen LogP contribution is -3.12. The summed E-state index contributed by atoms with van der Waals surface area (Å²) < 4.78 is 0. The van der Waals surface area contributed by atoms with E-state index in [-0.39, 0.29) is 11.8 Å². The van der Waals surface area contributed by atoms with Crippen LogP contribution in [0.5, 0.6) is 0 Å². The number of aliphatic imine (C=N–C) groups is 1. The Kier molecular flexibility index (Phi) is 5.97. The molecule has 0 unspecified atom stereocenters. The van der Waals surface area contributed by atoms with Crippen LogP contribution in [0.25, 0.3) is 0 Å². The number of nitrogens with one attached hydrogen (secondary N) is 1. The quantitative estimate of drug-likeness (QED) is 0.473. The van der Waals surface area contributed by atoms with Gasteiger partial charge in [-0.3, -0.25) is 14.5 Å². The third-order valence-electron chi connectivity index (χ3n) is 5.29. The smallest absolute Gasteiger partial charge is 0.261 e. The SMILES string of the molecule is C[NH+]1CCN(C(=Nc2ccccc2)SCCN2C(=O)c3ccccc3C2=O)CC1. The zero-order chi connectivity index (χ0) is 20.2. The van der Waals surface area contributed by atoms with Crippen LogP contribution in [0.2, 0.25) is 0 Å². The van der Waals surface area contributed by atoms with Crippen molar-refractivity contribution in [3.8, 4) is 0 Å². The molecule has 2 aliphatic heterocycles. The van der Waals surface area contributed by atoms with Crippen LogP contribution in [0.4, 0.5) is 5.69 Å². The van der Waals surface area contributed by atoms with E-state index in [4.69, 9.17) is 4.99 Å². The normalized spacial score (nSPS) is 17.8. The number of carbonyl (C=O) groups excluding carboxylic acids is 2. The molecule has 0 spiro atoms. The molecule has 0 aliphatic carbocycles. The number of para-hydroxylation sites is 1. The van der Waals surface area contributed by atoms with E-state index in [0.717, 1.165) is 37.0 Å². The zero-order valence-electron chi connectivity index (χ0n) is 16.5. The Labute approximate surface area is 175 Å². The third kappa shape index (κ3) is 4.36. The van der Waals surface area contributed by atoms with Crippen LogP contribution in [0.3, 0.4) is 0 Å². The molecular weight excluding hydrogens is 384 g/mol. The van der Waals surface area contributed by atoms with E-state index in [9.17, 15) is 9.59 Å². The molecule has 0 saturated carbocycles. The van der Waals surface area contributed by atoms with E-state index in [1.807, 2.05) is 30.3 Å². The number of quaternary nitrogens is 1. The van der Waals surface area contributed by atoms with Gasteiger partial charge in [0.15, 0.2) is 5.17 Å². The van der Waals surface area contributed by atoms with E-state index in [1.165, 1.54) is 9.80 Å². The molecule has 1 fully saturated rings. The lowest BCUT2D eigenvalue weighted by molar-refractivity contribution is -0.883. The largest absolute Gasteiger partial charge is 0.340 e. The molecule has 1 saturated heterocycles. The van der Waals surface area contributed by atoms with E-state index < -0.39 is 0 Å². The summed E-state index contributed by atoms with van der Waals surface area (Å²) in [7, 11) is 2.21. The van der Waals surface area contributed by atoms with Crippen LogP contribution in [-0.2, 0) is 0 Å². The lowest BCUT2D eigenvalue weighted by atomic mass is 10.1. The Hall–Kier alpha value is -2.64. The van der Waals surface area contributed by atoms with Crippen molar-refractivity contribution >= 4 is 34.4 Å². The van der Waals surface area contributed by atoms with E-state index >= 15 is 0 Å². The van der Waals surface area contributed by atoms with Gasteiger partial charge in [0, 0.05) is 12.3 Å². The number of likely N-dealkylation sites (N-methyl/N-ethyl adjacent to an activating group) is 1. The van der Waals surface area contributed by atoms with Gasteiger partial charge < -0.3 is 9.80 Å². The second-order valence-corrected chi connectivity index (χ2v) is 8.39. The zero-order valence-corrected chi connectivity index (χ0v) is 17.3. The maximum absolute atomic E-state index is 12.6. The number of hydrogen-bond donors (Lipinski definition) is 1. The summed E-state index contributed by atoms with van der Waals surface area (Å²) in [5.74, 6) is 0.225. The summed E-state index contributed by atoms with van der Waals surface area (Å²) in [5.41, 5.74) is 1.92. The molecule has 29 heavy (non-hydrogen) atoms. The topological polar surface area (TPSA) is 57.4 Å². The number of imide groups is 1. The fraction of sp³-hybridized carbons (Fsp3) is 0.318. The fourth-order valence-corrected chi connectivity index (χ4v) is 4.55. The first-order chi connectivity index (χ1) is 14.1. The van der Waals surface area contributed by atoms with Crippen molar-refractivity contribution in [3.63, 3.8) is 0 Å². The Morgan fingerprint density at radius 2 is 1.55 bits per heavy atom. The number of rotatable bonds is 4. The van der Waals surface area contributed by atoms with Gasteiger partial charge in [-0.25, -0.2) is 4.99 Å². The lowest BCUT2D eigenvalue weighted by Gasteiger charge is -2.32. The number of piperazine rings is 1. The van der Waals surface area contributed by atoms with Crippen molar-refractivity contribution < 1.29 is 14.5 Å². The minimum absolute atomic E-state index is 0.198. The van der Waals surface area contributed by atoms with Crippen LogP contribution >= 0.6 is 11.8 Å². The van der Waals surface area contributed by atoms with Gasteiger partial charge in [0.05, 0.1) is 50.0 Å².